The summed E-state index contributed by atoms with van der Waals surface area (Å²) in [5, 5.41) is 14.4. The van der Waals surface area contributed by atoms with Crippen LogP contribution in [0.25, 0.3) is 0 Å². The minimum absolute atomic E-state index is 0.0327. The van der Waals surface area contributed by atoms with Crippen LogP contribution in [0.5, 0.6) is 0 Å². The van der Waals surface area contributed by atoms with Crippen LogP contribution >= 0.6 is 11.6 Å². The van der Waals surface area contributed by atoms with Crippen LogP contribution in [-0.4, -0.2) is 36.4 Å². The van der Waals surface area contributed by atoms with E-state index >= 15 is 0 Å². The van der Waals surface area contributed by atoms with Crippen LogP contribution in [0, 0.1) is 0 Å². The fourth-order valence-corrected chi connectivity index (χ4v) is 2.26. The summed E-state index contributed by atoms with van der Waals surface area (Å²) in [4.78, 5) is 22.7. The highest BCUT2D eigenvalue weighted by Gasteiger charge is 2.15. The highest BCUT2D eigenvalue weighted by Crippen LogP contribution is 2.23. The van der Waals surface area contributed by atoms with Crippen molar-refractivity contribution in [2.24, 2.45) is 0 Å². The fraction of sp³-hybridized carbons (Fsp3) is 0.429. The first kappa shape index (κ1) is 15.6. The summed E-state index contributed by atoms with van der Waals surface area (Å²) in [7, 11) is 0. The lowest BCUT2D eigenvalue weighted by atomic mass is 10.1. The first-order valence-corrected chi connectivity index (χ1v) is 7.13. The van der Waals surface area contributed by atoms with E-state index in [4.69, 9.17) is 21.4 Å². The summed E-state index contributed by atoms with van der Waals surface area (Å²) in [6.07, 6.45) is 3.11. The Balaban J connectivity index is 1.89. The van der Waals surface area contributed by atoms with Gasteiger partial charge in [0.05, 0.1) is 22.4 Å². The second-order valence-electron chi connectivity index (χ2n) is 4.82. The molecule has 1 aromatic carbocycles. The number of amides is 2. The van der Waals surface area contributed by atoms with Crippen molar-refractivity contribution in [1.29, 1.82) is 0 Å². The van der Waals surface area contributed by atoms with Crippen molar-refractivity contribution < 1.29 is 19.4 Å². The van der Waals surface area contributed by atoms with Crippen molar-refractivity contribution in [2.75, 3.05) is 18.5 Å². The van der Waals surface area contributed by atoms with Gasteiger partial charge in [-0.05, 0) is 37.5 Å². The van der Waals surface area contributed by atoms with E-state index in [1.165, 1.54) is 18.2 Å². The van der Waals surface area contributed by atoms with E-state index in [-0.39, 0.29) is 22.4 Å². The minimum atomic E-state index is -1.08. The molecule has 1 fully saturated rings. The molecule has 1 aliphatic rings. The number of urea groups is 1. The van der Waals surface area contributed by atoms with E-state index in [1.54, 1.807) is 0 Å². The van der Waals surface area contributed by atoms with E-state index < -0.39 is 12.0 Å². The van der Waals surface area contributed by atoms with Crippen molar-refractivity contribution in [2.45, 2.75) is 25.4 Å². The first-order valence-electron chi connectivity index (χ1n) is 6.75. The summed E-state index contributed by atoms with van der Waals surface area (Å²) in [6.45, 7) is 1.14. The number of anilines is 1. The Bertz CT molecular complexity index is 530. The second-order valence-corrected chi connectivity index (χ2v) is 5.23. The summed E-state index contributed by atoms with van der Waals surface area (Å²) in [5.41, 5.74) is 0.323. The molecule has 0 saturated carbocycles. The Kier molecular flexibility index (Phi) is 5.41. The Morgan fingerprint density at radius 3 is 2.86 bits per heavy atom. The van der Waals surface area contributed by atoms with Gasteiger partial charge in [-0.15, -0.1) is 0 Å². The number of benzene rings is 1. The lowest BCUT2D eigenvalue weighted by molar-refractivity contribution is 0.0187. The standard InChI is InChI=1S/C14H17ClN2O4/c15-11-5-4-9(13(18)19)7-12(11)17-14(20)16-8-10-3-1-2-6-21-10/h4-5,7,10H,1-3,6,8H2,(H,18,19)(H2,16,17,20). The van der Waals surface area contributed by atoms with Gasteiger partial charge in [0, 0.05) is 13.2 Å². The molecule has 1 heterocycles. The highest BCUT2D eigenvalue weighted by molar-refractivity contribution is 6.33. The van der Waals surface area contributed by atoms with Crippen molar-refractivity contribution in [3.05, 3.63) is 28.8 Å². The van der Waals surface area contributed by atoms with Gasteiger partial charge in [0.1, 0.15) is 0 Å². The molecule has 0 aromatic heterocycles. The SMILES string of the molecule is O=C(NCC1CCCCO1)Nc1cc(C(=O)O)ccc1Cl. The van der Waals surface area contributed by atoms with Crippen LogP contribution in [0.15, 0.2) is 18.2 Å². The smallest absolute Gasteiger partial charge is 0.335 e. The number of aromatic carboxylic acids is 1. The van der Waals surface area contributed by atoms with Gasteiger partial charge in [-0.3, -0.25) is 0 Å². The maximum atomic E-state index is 11.8. The Morgan fingerprint density at radius 2 is 2.19 bits per heavy atom. The zero-order valence-corrected chi connectivity index (χ0v) is 12.2. The number of rotatable bonds is 4. The van der Waals surface area contributed by atoms with Gasteiger partial charge in [-0.1, -0.05) is 11.6 Å². The highest BCUT2D eigenvalue weighted by atomic mass is 35.5. The molecule has 6 nitrogen and oxygen atoms in total. The van der Waals surface area contributed by atoms with E-state index in [1.807, 2.05) is 0 Å². The maximum absolute atomic E-state index is 11.8. The van der Waals surface area contributed by atoms with Crippen molar-refractivity contribution in [1.82, 2.24) is 5.32 Å². The van der Waals surface area contributed by atoms with Crippen LogP contribution in [0.3, 0.4) is 0 Å². The fourth-order valence-electron chi connectivity index (χ4n) is 2.10. The van der Waals surface area contributed by atoms with Crippen LogP contribution in [0.1, 0.15) is 29.6 Å². The summed E-state index contributed by atoms with van der Waals surface area (Å²) < 4.78 is 5.51. The second kappa shape index (κ2) is 7.28. The Morgan fingerprint density at radius 1 is 1.38 bits per heavy atom. The van der Waals surface area contributed by atoms with Crippen molar-refractivity contribution >= 4 is 29.3 Å². The monoisotopic (exact) mass is 312 g/mol. The average Bonchev–Trinajstić information content (AvgIpc) is 2.48. The van der Waals surface area contributed by atoms with E-state index in [9.17, 15) is 9.59 Å². The third-order valence-corrected chi connectivity index (χ3v) is 3.56. The number of hydrogen-bond donors (Lipinski definition) is 3. The van der Waals surface area contributed by atoms with Gasteiger partial charge in [0.25, 0.3) is 0 Å². The van der Waals surface area contributed by atoms with E-state index in [2.05, 4.69) is 10.6 Å². The normalized spacial score (nSPS) is 18.0. The summed E-state index contributed by atoms with van der Waals surface area (Å²) in [5.74, 6) is -1.08. The number of carbonyl (C=O) groups excluding carboxylic acids is 1. The minimum Gasteiger partial charge on any atom is -0.478 e. The molecular weight excluding hydrogens is 296 g/mol. The molecule has 2 rings (SSSR count). The number of carbonyl (C=O) groups is 2. The molecule has 21 heavy (non-hydrogen) atoms. The van der Waals surface area contributed by atoms with Crippen LogP contribution in [-0.2, 0) is 4.74 Å². The number of carboxylic acids is 1. The number of nitrogens with one attached hydrogen (secondary N) is 2. The van der Waals surface area contributed by atoms with Gasteiger partial charge < -0.3 is 20.5 Å². The topological polar surface area (TPSA) is 87.7 Å². The predicted molar refractivity (Wildman–Crippen MR) is 79.0 cm³/mol. The molecule has 0 aliphatic carbocycles. The molecule has 3 N–H and O–H groups in total. The Labute approximate surface area is 127 Å². The lowest BCUT2D eigenvalue weighted by Crippen LogP contribution is -2.37. The summed E-state index contributed by atoms with van der Waals surface area (Å²) >= 11 is 5.93. The first-order chi connectivity index (χ1) is 10.1. The molecule has 1 saturated heterocycles. The third-order valence-electron chi connectivity index (χ3n) is 3.23. The molecule has 0 radical (unpaired) electrons. The van der Waals surface area contributed by atoms with E-state index in [0.717, 1.165) is 25.9 Å². The van der Waals surface area contributed by atoms with Crippen LogP contribution in [0.2, 0.25) is 5.02 Å². The molecule has 1 aromatic rings. The maximum Gasteiger partial charge on any atom is 0.335 e. The number of hydrogen-bond acceptors (Lipinski definition) is 3. The number of halogens is 1. The van der Waals surface area contributed by atoms with Gasteiger partial charge in [-0.25, -0.2) is 9.59 Å². The lowest BCUT2D eigenvalue weighted by Gasteiger charge is -2.22. The zero-order valence-electron chi connectivity index (χ0n) is 11.4. The molecule has 0 bridgehead atoms. The quantitative estimate of drug-likeness (QED) is 0.797. The number of ether oxygens (including phenoxy) is 1. The molecular formula is C14H17ClN2O4. The molecule has 1 atom stereocenters. The van der Waals surface area contributed by atoms with Crippen LogP contribution < -0.4 is 10.6 Å². The molecule has 7 heteroatoms. The number of carboxylic acid groups (broad SMARTS) is 1. The van der Waals surface area contributed by atoms with E-state index in [0.29, 0.717) is 6.54 Å². The Hall–Kier alpha value is -1.79. The summed E-state index contributed by atoms with van der Waals surface area (Å²) in [6, 6.07) is 3.70. The molecule has 114 valence electrons. The van der Waals surface area contributed by atoms with Gasteiger partial charge >= 0.3 is 12.0 Å². The third kappa shape index (κ3) is 4.61. The van der Waals surface area contributed by atoms with Crippen molar-refractivity contribution in [3.63, 3.8) is 0 Å². The zero-order chi connectivity index (χ0) is 15.2. The molecule has 0 spiro atoms. The average molecular weight is 313 g/mol. The molecule has 1 aliphatic heterocycles. The molecule has 2 amide bonds. The van der Waals surface area contributed by atoms with Crippen molar-refractivity contribution in [3.8, 4) is 0 Å². The predicted octanol–water partition coefficient (Wildman–Crippen LogP) is 2.73. The van der Waals surface area contributed by atoms with Crippen LogP contribution in [0.4, 0.5) is 10.5 Å². The van der Waals surface area contributed by atoms with Gasteiger partial charge in [0.2, 0.25) is 0 Å². The largest absolute Gasteiger partial charge is 0.478 e. The van der Waals surface area contributed by atoms with Gasteiger partial charge in [0.15, 0.2) is 0 Å². The molecule has 1 unspecified atom stereocenters. The van der Waals surface area contributed by atoms with Gasteiger partial charge in [-0.2, -0.15) is 0 Å².